The highest BCUT2D eigenvalue weighted by Gasteiger charge is 2.23. The number of anilines is 1. The van der Waals surface area contributed by atoms with E-state index in [1.807, 2.05) is 12.1 Å². The molecule has 2 aliphatic rings. The summed E-state index contributed by atoms with van der Waals surface area (Å²) in [5.74, 6) is 0.969. The molecule has 0 saturated heterocycles. The Balaban J connectivity index is 1.53. The van der Waals surface area contributed by atoms with Gasteiger partial charge in [0.1, 0.15) is 5.75 Å². The van der Waals surface area contributed by atoms with E-state index >= 15 is 0 Å². The van der Waals surface area contributed by atoms with Gasteiger partial charge in [0.2, 0.25) is 5.91 Å². The standard InChI is InChI=1S/C15H20N2O2/c18-14(17-12-6-7-12)8-10-19-13-5-1-3-11-4-2-9-16-15(11)13/h1,3,5,12,16H,2,4,6-10H2,(H,17,18). The molecule has 4 nitrogen and oxygen atoms in total. The molecule has 0 atom stereocenters. The number of amides is 1. The van der Waals surface area contributed by atoms with Crippen LogP contribution >= 0.6 is 0 Å². The SMILES string of the molecule is O=C(CCOc1cccc2c1NCCC2)NC1CC1. The Morgan fingerprint density at radius 2 is 2.32 bits per heavy atom. The maximum absolute atomic E-state index is 11.6. The predicted molar refractivity (Wildman–Crippen MR) is 74.5 cm³/mol. The number of benzene rings is 1. The minimum absolute atomic E-state index is 0.0975. The molecule has 19 heavy (non-hydrogen) atoms. The molecule has 102 valence electrons. The molecule has 0 radical (unpaired) electrons. The maximum atomic E-state index is 11.6. The van der Waals surface area contributed by atoms with Gasteiger partial charge in [-0.2, -0.15) is 0 Å². The Morgan fingerprint density at radius 3 is 3.16 bits per heavy atom. The number of hydrogen-bond donors (Lipinski definition) is 2. The van der Waals surface area contributed by atoms with E-state index < -0.39 is 0 Å². The molecular weight excluding hydrogens is 240 g/mol. The first-order chi connectivity index (χ1) is 9.33. The summed E-state index contributed by atoms with van der Waals surface area (Å²) in [5, 5.41) is 6.35. The van der Waals surface area contributed by atoms with Gasteiger partial charge in [-0.15, -0.1) is 0 Å². The highest BCUT2D eigenvalue weighted by atomic mass is 16.5. The quantitative estimate of drug-likeness (QED) is 0.852. The van der Waals surface area contributed by atoms with Crippen LogP contribution in [0, 0.1) is 0 Å². The summed E-state index contributed by atoms with van der Waals surface area (Å²) in [5.41, 5.74) is 2.42. The van der Waals surface area contributed by atoms with Crippen molar-refractivity contribution in [3.63, 3.8) is 0 Å². The lowest BCUT2D eigenvalue weighted by Crippen LogP contribution is -2.26. The third kappa shape index (κ3) is 3.19. The van der Waals surface area contributed by atoms with Crippen molar-refractivity contribution < 1.29 is 9.53 Å². The summed E-state index contributed by atoms with van der Waals surface area (Å²) in [4.78, 5) is 11.6. The van der Waals surface area contributed by atoms with Crippen molar-refractivity contribution in [3.05, 3.63) is 23.8 Å². The lowest BCUT2D eigenvalue weighted by molar-refractivity contribution is -0.121. The molecule has 0 bridgehead atoms. The van der Waals surface area contributed by atoms with Crippen LogP contribution in [0.25, 0.3) is 0 Å². The van der Waals surface area contributed by atoms with Crippen molar-refractivity contribution in [2.24, 2.45) is 0 Å². The summed E-state index contributed by atoms with van der Waals surface area (Å²) in [6.45, 7) is 1.44. The number of carbonyl (C=O) groups excluding carboxylic acids is 1. The smallest absolute Gasteiger partial charge is 0.223 e. The van der Waals surface area contributed by atoms with Crippen molar-refractivity contribution in [1.82, 2.24) is 5.32 Å². The molecule has 0 aromatic heterocycles. The molecule has 0 unspecified atom stereocenters. The highest BCUT2D eigenvalue weighted by molar-refractivity contribution is 5.76. The molecule has 1 saturated carbocycles. The number of fused-ring (bicyclic) bond motifs is 1. The van der Waals surface area contributed by atoms with E-state index in [4.69, 9.17) is 4.74 Å². The van der Waals surface area contributed by atoms with Crippen molar-refractivity contribution >= 4 is 11.6 Å². The van der Waals surface area contributed by atoms with Gasteiger partial charge in [0.15, 0.2) is 0 Å². The van der Waals surface area contributed by atoms with Gasteiger partial charge in [-0.25, -0.2) is 0 Å². The first kappa shape index (κ1) is 12.3. The van der Waals surface area contributed by atoms with E-state index in [0.29, 0.717) is 19.1 Å². The van der Waals surface area contributed by atoms with E-state index in [0.717, 1.165) is 37.2 Å². The highest BCUT2D eigenvalue weighted by Crippen LogP contribution is 2.32. The number of rotatable bonds is 5. The molecule has 2 N–H and O–H groups in total. The number of ether oxygens (including phenoxy) is 1. The number of hydrogen-bond acceptors (Lipinski definition) is 3. The number of para-hydroxylation sites is 1. The largest absolute Gasteiger partial charge is 0.491 e. The second-order valence-corrected chi connectivity index (χ2v) is 5.26. The zero-order valence-electron chi connectivity index (χ0n) is 11.1. The van der Waals surface area contributed by atoms with Crippen LogP contribution in [0.3, 0.4) is 0 Å². The molecule has 1 aromatic rings. The van der Waals surface area contributed by atoms with Gasteiger partial charge < -0.3 is 15.4 Å². The van der Waals surface area contributed by atoms with Crippen LogP contribution in [0.5, 0.6) is 5.75 Å². The van der Waals surface area contributed by atoms with Crippen LogP contribution in [-0.2, 0) is 11.2 Å². The van der Waals surface area contributed by atoms with E-state index in [1.54, 1.807) is 0 Å². The Morgan fingerprint density at radius 1 is 1.42 bits per heavy atom. The van der Waals surface area contributed by atoms with Gasteiger partial charge in [-0.1, -0.05) is 12.1 Å². The lowest BCUT2D eigenvalue weighted by Gasteiger charge is -2.21. The van der Waals surface area contributed by atoms with Crippen molar-refractivity contribution in [2.45, 2.75) is 38.1 Å². The second-order valence-electron chi connectivity index (χ2n) is 5.26. The van der Waals surface area contributed by atoms with Gasteiger partial charge in [0.05, 0.1) is 18.7 Å². The Hall–Kier alpha value is -1.71. The van der Waals surface area contributed by atoms with Crippen LogP contribution in [0.2, 0.25) is 0 Å². The molecule has 1 heterocycles. The van der Waals surface area contributed by atoms with Crippen LogP contribution < -0.4 is 15.4 Å². The fourth-order valence-electron chi connectivity index (χ4n) is 2.38. The molecule has 1 fully saturated rings. The first-order valence-electron chi connectivity index (χ1n) is 7.11. The van der Waals surface area contributed by atoms with Gasteiger partial charge in [-0.3, -0.25) is 4.79 Å². The summed E-state index contributed by atoms with van der Waals surface area (Å²) in [6, 6.07) is 6.55. The summed E-state index contributed by atoms with van der Waals surface area (Å²) in [7, 11) is 0. The third-order valence-corrected chi connectivity index (χ3v) is 3.57. The van der Waals surface area contributed by atoms with Crippen molar-refractivity contribution in [2.75, 3.05) is 18.5 Å². The number of carbonyl (C=O) groups is 1. The second kappa shape index (κ2) is 5.51. The average molecular weight is 260 g/mol. The molecule has 0 spiro atoms. The fraction of sp³-hybridized carbons (Fsp3) is 0.533. The Bertz CT molecular complexity index is 469. The summed E-state index contributed by atoms with van der Waals surface area (Å²) in [6.07, 6.45) is 4.95. The minimum atomic E-state index is 0.0975. The fourth-order valence-corrected chi connectivity index (χ4v) is 2.38. The van der Waals surface area contributed by atoms with Crippen LogP contribution in [0.1, 0.15) is 31.2 Å². The number of nitrogens with one attached hydrogen (secondary N) is 2. The Kier molecular flexibility index (Phi) is 3.58. The summed E-state index contributed by atoms with van der Waals surface area (Å²) < 4.78 is 5.75. The van der Waals surface area contributed by atoms with Gasteiger partial charge in [0, 0.05) is 12.6 Å². The van der Waals surface area contributed by atoms with Gasteiger partial charge in [0.25, 0.3) is 0 Å². The van der Waals surface area contributed by atoms with Crippen LogP contribution in [-0.4, -0.2) is 25.1 Å². The molecule has 1 aliphatic carbocycles. The molecule has 1 amide bonds. The van der Waals surface area contributed by atoms with E-state index in [2.05, 4.69) is 16.7 Å². The maximum Gasteiger partial charge on any atom is 0.223 e. The van der Waals surface area contributed by atoms with Gasteiger partial charge >= 0.3 is 0 Å². The van der Waals surface area contributed by atoms with E-state index in [-0.39, 0.29) is 5.91 Å². The molecular formula is C15H20N2O2. The zero-order chi connectivity index (χ0) is 13.1. The monoisotopic (exact) mass is 260 g/mol. The van der Waals surface area contributed by atoms with E-state index in [1.165, 1.54) is 12.0 Å². The topological polar surface area (TPSA) is 50.4 Å². The zero-order valence-corrected chi connectivity index (χ0v) is 11.1. The molecule has 3 rings (SSSR count). The Labute approximate surface area is 113 Å². The van der Waals surface area contributed by atoms with Crippen molar-refractivity contribution in [1.29, 1.82) is 0 Å². The first-order valence-corrected chi connectivity index (χ1v) is 7.11. The van der Waals surface area contributed by atoms with Crippen LogP contribution in [0.15, 0.2) is 18.2 Å². The minimum Gasteiger partial charge on any atom is -0.491 e. The lowest BCUT2D eigenvalue weighted by atomic mass is 10.0. The molecule has 1 aromatic carbocycles. The number of aryl methyl sites for hydroxylation is 1. The normalized spacial score (nSPS) is 17.3. The van der Waals surface area contributed by atoms with Gasteiger partial charge in [-0.05, 0) is 37.3 Å². The van der Waals surface area contributed by atoms with Crippen molar-refractivity contribution in [3.8, 4) is 5.75 Å². The molecule has 1 aliphatic heterocycles. The average Bonchev–Trinajstić information content (AvgIpc) is 3.23. The molecule has 4 heteroatoms. The third-order valence-electron chi connectivity index (χ3n) is 3.57. The van der Waals surface area contributed by atoms with Crippen LogP contribution in [0.4, 0.5) is 5.69 Å². The predicted octanol–water partition coefficient (Wildman–Crippen LogP) is 2.09. The summed E-state index contributed by atoms with van der Waals surface area (Å²) >= 11 is 0. The van der Waals surface area contributed by atoms with E-state index in [9.17, 15) is 4.79 Å².